The molecule has 13 nitrogen and oxygen atoms in total. The van der Waals surface area contributed by atoms with Crippen LogP contribution < -0.4 is 0 Å². The Morgan fingerprint density at radius 1 is 0.935 bits per heavy atom. The van der Waals surface area contributed by atoms with Gasteiger partial charge in [-0.15, -0.1) is 20.3 Å². The van der Waals surface area contributed by atoms with Crippen molar-refractivity contribution in [2.75, 3.05) is 13.2 Å². The van der Waals surface area contributed by atoms with Crippen LogP contribution in [0.25, 0.3) is 33.5 Å². The summed E-state index contributed by atoms with van der Waals surface area (Å²) in [7, 11) is 0. The topological polar surface area (TPSA) is 168 Å². The summed E-state index contributed by atoms with van der Waals surface area (Å²) in [5, 5.41) is 23.8. The summed E-state index contributed by atoms with van der Waals surface area (Å²) in [6, 6.07) is 21.7. The SMILES string of the molecule is CCCCc1nc2cccc(C(=O)CCC(=O)OCCCCO[N+](=O)[O-])c2n1Cc1ccc(-c2ccccc2-c2nn[nH]n2)cc1. The molecular formula is C33H35N7O6. The monoisotopic (exact) mass is 625 g/mol. The molecule has 0 aliphatic heterocycles. The second-order valence-electron chi connectivity index (χ2n) is 10.8. The molecule has 0 saturated heterocycles. The largest absolute Gasteiger partial charge is 0.466 e. The summed E-state index contributed by atoms with van der Waals surface area (Å²) >= 11 is 0. The maximum Gasteiger partial charge on any atom is 0.306 e. The molecule has 2 aromatic heterocycles. The molecule has 5 aromatic rings. The van der Waals surface area contributed by atoms with Gasteiger partial charge in [0.25, 0.3) is 5.09 Å². The van der Waals surface area contributed by atoms with Crippen molar-refractivity contribution in [3.05, 3.63) is 93.8 Å². The Bertz CT molecular complexity index is 1780. The molecule has 5 rings (SSSR count). The fourth-order valence-corrected chi connectivity index (χ4v) is 5.28. The smallest absolute Gasteiger partial charge is 0.306 e. The summed E-state index contributed by atoms with van der Waals surface area (Å²) in [4.78, 5) is 45.1. The zero-order valence-corrected chi connectivity index (χ0v) is 25.6. The molecule has 0 saturated carbocycles. The number of esters is 1. The Morgan fingerprint density at radius 3 is 2.46 bits per heavy atom. The van der Waals surface area contributed by atoms with Gasteiger partial charge in [-0.1, -0.05) is 67.9 Å². The number of para-hydroxylation sites is 1. The quantitative estimate of drug-likeness (QED) is 0.0440. The lowest BCUT2D eigenvalue weighted by Gasteiger charge is -2.13. The number of aromatic nitrogens is 6. The number of hydrogen-bond acceptors (Lipinski definition) is 10. The molecule has 0 radical (unpaired) electrons. The summed E-state index contributed by atoms with van der Waals surface area (Å²) in [5.74, 6) is 0.771. The van der Waals surface area contributed by atoms with E-state index in [1.807, 2.05) is 36.4 Å². The highest BCUT2D eigenvalue weighted by atomic mass is 16.9. The zero-order valence-electron chi connectivity index (χ0n) is 25.6. The van der Waals surface area contributed by atoms with Crippen LogP contribution in [0.2, 0.25) is 0 Å². The minimum atomic E-state index is -0.854. The first kappa shape index (κ1) is 31.9. The molecular weight excluding hydrogens is 590 g/mol. The Balaban J connectivity index is 1.32. The van der Waals surface area contributed by atoms with E-state index in [0.29, 0.717) is 30.8 Å². The first-order valence-corrected chi connectivity index (χ1v) is 15.3. The van der Waals surface area contributed by atoms with E-state index >= 15 is 0 Å². The normalized spacial score (nSPS) is 11.1. The van der Waals surface area contributed by atoms with Crippen LogP contribution in [0.1, 0.15) is 67.2 Å². The molecule has 0 amide bonds. The number of nitrogens with zero attached hydrogens (tertiary/aromatic N) is 6. The van der Waals surface area contributed by atoms with E-state index in [9.17, 15) is 19.7 Å². The van der Waals surface area contributed by atoms with Crippen molar-refractivity contribution in [3.8, 4) is 22.5 Å². The summed E-state index contributed by atoms with van der Waals surface area (Å²) in [5.41, 5.74) is 5.93. The minimum absolute atomic E-state index is 0.00760. The molecule has 1 N–H and O–H groups in total. The van der Waals surface area contributed by atoms with Crippen LogP contribution in [-0.2, 0) is 27.3 Å². The minimum Gasteiger partial charge on any atom is -0.466 e. The molecule has 46 heavy (non-hydrogen) atoms. The molecule has 0 aliphatic rings. The van der Waals surface area contributed by atoms with Crippen LogP contribution in [-0.4, -0.2) is 60.2 Å². The fraction of sp³-hybridized carbons (Fsp3) is 0.333. The predicted molar refractivity (Wildman–Crippen MR) is 169 cm³/mol. The Hall–Kier alpha value is -5.46. The Labute approximate surface area is 265 Å². The van der Waals surface area contributed by atoms with Crippen molar-refractivity contribution in [3.63, 3.8) is 0 Å². The number of carbonyl (C=O) groups excluding carboxylic acids is 2. The molecule has 238 valence electrons. The zero-order chi connectivity index (χ0) is 32.3. The number of Topliss-reactive ketones (excluding diaryl/α,β-unsaturated/α-hetero) is 1. The second-order valence-corrected chi connectivity index (χ2v) is 10.8. The van der Waals surface area contributed by atoms with Gasteiger partial charge in [-0.05, 0) is 53.3 Å². The van der Waals surface area contributed by atoms with Crippen molar-refractivity contribution in [2.45, 2.75) is 58.4 Å². The van der Waals surface area contributed by atoms with E-state index in [1.54, 1.807) is 6.07 Å². The van der Waals surface area contributed by atoms with E-state index < -0.39 is 11.1 Å². The van der Waals surface area contributed by atoms with Crippen LogP contribution in [0.4, 0.5) is 0 Å². The highest BCUT2D eigenvalue weighted by molar-refractivity contribution is 6.07. The number of aromatic amines is 1. The van der Waals surface area contributed by atoms with Crippen LogP contribution in [0.15, 0.2) is 66.7 Å². The lowest BCUT2D eigenvalue weighted by atomic mass is 9.98. The van der Waals surface area contributed by atoms with E-state index in [0.717, 1.165) is 58.4 Å². The summed E-state index contributed by atoms with van der Waals surface area (Å²) < 4.78 is 7.32. The average Bonchev–Trinajstić information content (AvgIpc) is 3.73. The van der Waals surface area contributed by atoms with Crippen LogP contribution in [0, 0.1) is 10.1 Å². The van der Waals surface area contributed by atoms with Gasteiger partial charge in [-0.25, -0.2) is 4.98 Å². The number of unbranched alkanes of at least 4 members (excludes halogenated alkanes) is 2. The first-order valence-electron chi connectivity index (χ1n) is 15.3. The number of nitrogens with one attached hydrogen (secondary N) is 1. The summed E-state index contributed by atoms with van der Waals surface area (Å²) in [6.45, 7) is 2.71. The molecule has 0 fully saturated rings. The molecule has 2 heterocycles. The van der Waals surface area contributed by atoms with Crippen LogP contribution in [0.5, 0.6) is 0 Å². The fourth-order valence-electron chi connectivity index (χ4n) is 5.28. The average molecular weight is 626 g/mol. The molecule has 13 heteroatoms. The lowest BCUT2D eigenvalue weighted by Crippen LogP contribution is -2.12. The van der Waals surface area contributed by atoms with E-state index in [4.69, 9.17) is 9.72 Å². The number of aryl methyl sites for hydroxylation is 1. The van der Waals surface area contributed by atoms with Gasteiger partial charge in [0.05, 0.1) is 30.7 Å². The third kappa shape index (κ3) is 7.97. The number of tetrazole rings is 1. The number of rotatable bonds is 17. The maximum atomic E-state index is 13.5. The number of H-pyrrole nitrogens is 1. The summed E-state index contributed by atoms with van der Waals surface area (Å²) in [6.07, 6.45) is 3.48. The Morgan fingerprint density at radius 2 is 1.72 bits per heavy atom. The van der Waals surface area contributed by atoms with E-state index in [-0.39, 0.29) is 31.8 Å². The number of imidazole rings is 1. The van der Waals surface area contributed by atoms with Gasteiger partial charge in [-0.3, -0.25) is 9.59 Å². The third-order valence-electron chi connectivity index (χ3n) is 7.57. The van der Waals surface area contributed by atoms with Gasteiger partial charge in [0.2, 0.25) is 5.82 Å². The van der Waals surface area contributed by atoms with Crippen molar-refractivity contribution in [2.24, 2.45) is 0 Å². The molecule has 0 spiro atoms. The number of ketones is 1. The molecule has 0 bridgehead atoms. The maximum absolute atomic E-state index is 13.5. The highest BCUT2D eigenvalue weighted by Gasteiger charge is 2.20. The highest BCUT2D eigenvalue weighted by Crippen LogP contribution is 2.30. The molecule has 0 aliphatic carbocycles. The van der Waals surface area contributed by atoms with Gasteiger partial charge in [0.1, 0.15) is 5.82 Å². The van der Waals surface area contributed by atoms with Crippen molar-refractivity contribution >= 4 is 22.8 Å². The number of benzene rings is 3. The first-order chi connectivity index (χ1) is 22.4. The van der Waals surface area contributed by atoms with Gasteiger partial charge in [0, 0.05) is 30.5 Å². The van der Waals surface area contributed by atoms with Gasteiger partial charge in [-0.2, -0.15) is 5.21 Å². The van der Waals surface area contributed by atoms with Gasteiger partial charge < -0.3 is 14.1 Å². The third-order valence-corrected chi connectivity index (χ3v) is 7.57. The lowest BCUT2D eigenvalue weighted by molar-refractivity contribution is -0.757. The van der Waals surface area contributed by atoms with Crippen molar-refractivity contribution in [1.82, 2.24) is 30.2 Å². The predicted octanol–water partition coefficient (Wildman–Crippen LogP) is 5.77. The van der Waals surface area contributed by atoms with Crippen LogP contribution >= 0.6 is 0 Å². The van der Waals surface area contributed by atoms with Crippen LogP contribution in [0.3, 0.4) is 0 Å². The molecule has 3 aromatic carbocycles. The molecule has 0 unspecified atom stereocenters. The standard InChI is InChI=1S/C33H35N7O6/c1-2-3-13-30-34-28-12-8-11-27(29(41)18-19-31(42)45-20-6-7-21-46-40(43)44)32(28)39(30)22-23-14-16-24(17-15-23)25-9-4-5-10-26(25)33-35-37-38-36-33/h4-5,8-12,14-17H,2-3,6-7,13,18-22H2,1H3,(H,35,36,37,38). The van der Waals surface area contributed by atoms with Crippen molar-refractivity contribution in [1.29, 1.82) is 0 Å². The van der Waals surface area contributed by atoms with Crippen molar-refractivity contribution < 1.29 is 24.3 Å². The van der Waals surface area contributed by atoms with E-state index in [2.05, 4.69) is 61.2 Å². The number of ether oxygens (including phenoxy) is 1. The molecule has 0 atom stereocenters. The number of carbonyl (C=O) groups is 2. The second kappa shape index (κ2) is 15.5. The van der Waals surface area contributed by atoms with E-state index in [1.165, 1.54) is 0 Å². The number of fused-ring (bicyclic) bond motifs is 1. The number of hydrogen-bond donors (Lipinski definition) is 1. The Kier molecular flexibility index (Phi) is 10.8. The van der Waals surface area contributed by atoms with Gasteiger partial charge >= 0.3 is 5.97 Å². The van der Waals surface area contributed by atoms with Gasteiger partial charge in [0.15, 0.2) is 5.78 Å².